The van der Waals surface area contributed by atoms with E-state index in [1.807, 2.05) is 24.4 Å². The number of fused-ring (bicyclic) bond motifs is 3. The lowest BCUT2D eigenvalue weighted by molar-refractivity contribution is 0.332. The first-order valence-corrected chi connectivity index (χ1v) is 8.73. The van der Waals surface area contributed by atoms with Crippen LogP contribution in [0.1, 0.15) is 16.1 Å². The Hall–Kier alpha value is -1.43. The van der Waals surface area contributed by atoms with Gasteiger partial charge in [-0.2, -0.15) is 0 Å². The van der Waals surface area contributed by atoms with Crippen LogP contribution in [0, 0.1) is 0 Å². The minimum absolute atomic E-state index is 0.113. The van der Waals surface area contributed by atoms with Crippen LogP contribution in [0.4, 0.5) is 5.69 Å². The van der Waals surface area contributed by atoms with E-state index < -0.39 is 0 Å². The Morgan fingerprint density at radius 3 is 2.77 bits per heavy atom. The van der Waals surface area contributed by atoms with Crippen LogP contribution >= 0.6 is 31.9 Å². The van der Waals surface area contributed by atoms with Crippen molar-refractivity contribution in [1.29, 1.82) is 0 Å². The molecule has 1 aromatic heterocycles. The Morgan fingerprint density at radius 2 is 1.95 bits per heavy atom. The highest BCUT2D eigenvalue weighted by molar-refractivity contribution is 9.10. The number of anilines is 1. The number of pyridine rings is 1. The highest BCUT2D eigenvalue weighted by Gasteiger charge is 2.30. The third-order valence-corrected chi connectivity index (χ3v) is 5.29. The molecule has 1 atom stereocenters. The van der Waals surface area contributed by atoms with E-state index in [0.717, 1.165) is 27.6 Å². The number of benzene rings is 2. The second-order valence-corrected chi connectivity index (χ2v) is 7.09. The Balaban J connectivity index is 1.73. The van der Waals surface area contributed by atoms with Crippen molar-refractivity contribution in [3.63, 3.8) is 0 Å². The first-order valence-electron chi connectivity index (χ1n) is 7.02. The van der Waals surface area contributed by atoms with Gasteiger partial charge in [-0.25, -0.2) is 5.01 Å². The summed E-state index contributed by atoms with van der Waals surface area (Å²) < 4.78 is 1.07. The second kappa shape index (κ2) is 5.65. The van der Waals surface area contributed by atoms with Crippen LogP contribution in [0.25, 0.3) is 10.9 Å². The average Bonchev–Trinajstić information content (AvgIpc) is 2.85. The standard InChI is InChI=1S/C17H13Br2N3/c18-12-6-7-14-13(8-12)16-15(9-20-14)21-22(17(16)19)10-11-4-2-1-3-5-11/h1-9,17,21H,10H2. The minimum Gasteiger partial charge on any atom is -0.315 e. The highest BCUT2D eigenvalue weighted by atomic mass is 79.9. The zero-order valence-electron chi connectivity index (χ0n) is 11.6. The van der Waals surface area contributed by atoms with Gasteiger partial charge in [-0.05, 0) is 23.8 Å². The van der Waals surface area contributed by atoms with Gasteiger partial charge in [0.25, 0.3) is 0 Å². The summed E-state index contributed by atoms with van der Waals surface area (Å²) in [4.78, 5) is 4.65. The molecule has 0 spiro atoms. The lowest BCUT2D eigenvalue weighted by Gasteiger charge is -2.20. The summed E-state index contributed by atoms with van der Waals surface area (Å²) in [6.07, 6.45) is 1.91. The maximum absolute atomic E-state index is 4.54. The predicted molar refractivity (Wildman–Crippen MR) is 96.7 cm³/mol. The molecule has 3 aromatic rings. The second-order valence-electron chi connectivity index (χ2n) is 5.31. The highest BCUT2D eigenvalue weighted by Crippen LogP contribution is 2.43. The Labute approximate surface area is 145 Å². The summed E-state index contributed by atoms with van der Waals surface area (Å²) in [7, 11) is 0. The zero-order valence-corrected chi connectivity index (χ0v) is 14.8. The van der Waals surface area contributed by atoms with Crippen LogP contribution in [-0.4, -0.2) is 9.99 Å². The molecule has 5 heteroatoms. The van der Waals surface area contributed by atoms with Crippen LogP contribution < -0.4 is 5.43 Å². The van der Waals surface area contributed by atoms with E-state index in [0.29, 0.717) is 0 Å². The summed E-state index contributed by atoms with van der Waals surface area (Å²) in [5, 5.41) is 3.35. The van der Waals surface area contributed by atoms with E-state index in [-0.39, 0.29) is 4.95 Å². The van der Waals surface area contributed by atoms with Crippen LogP contribution in [0.2, 0.25) is 0 Å². The smallest absolute Gasteiger partial charge is 0.112 e. The largest absolute Gasteiger partial charge is 0.315 e. The lowest BCUT2D eigenvalue weighted by Crippen LogP contribution is -2.24. The molecule has 2 aromatic carbocycles. The van der Waals surface area contributed by atoms with E-state index in [2.05, 4.69) is 77.6 Å². The van der Waals surface area contributed by atoms with Crippen molar-refractivity contribution >= 4 is 48.5 Å². The van der Waals surface area contributed by atoms with Crippen molar-refractivity contribution < 1.29 is 0 Å². The molecule has 1 aliphatic heterocycles. The summed E-state index contributed by atoms with van der Waals surface area (Å²) in [6, 6.07) is 16.6. The fourth-order valence-corrected chi connectivity index (χ4v) is 3.90. The van der Waals surface area contributed by atoms with Crippen molar-refractivity contribution in [2.24, 2.45) is 0 Å². The maximum Gasteiger partial charge on any atom is 0.112 e. The molecular formula is C17H13Br2N3. The van der Waals surface area contributed by atoms with E-state index in [9.17, 15) is 0 Å². The summed E-state index contributed by atoms with van der Waals surface area (Å²) in [6.45, 7) is 0.820. The number of hydrogen-bond acceptors (Lipinski definition) is 3. The van der Waals surface area contributed by atoms with Crippen molar-refractivity contribution in [3.05, 3.63) is 70.3 Å². The van der Waals surface area contributed by atoms with Gasteiger partial charge in [-0.15, -0.1) is 0 Å². The number of nitrogens with zero attached hydrogens (tertiary/aromatic N) is 2. The summed E-state index contributed by atoms with van der Waals surface area (Å²) in [5.74, 6) is 0. The third-order valence-electron chi connectivity index (χ3n) is 3.84. The molecule has 0 fully saturated rings. The van der Waals surface area contributed by atoms with Gasteiger partial charge in [-0.3, -0.25) is 4.98 Å². The summed E-state index contributed by atoms with van der Waals surface area (Å²) in [5.41, 5.74) is 8.03. The maximum atomic E-state index is 4.54. The molecular weight excluding hydrogens is 406 g/mol. The molecule has 3 nitrogen and oxygen atoms in total. The molecule has 22 heavy (non-hydrogen) atoms. The molecule has 110 valence electrons. The molecule has 1 aliphatic rings. The molecule has 0 bridgehead atoms. The van der Waals surface area contributed by atoms with Gasteiger partial charge in [0.05, 0.1) is 17.4 Å². The van der Waals surface area contributed by atoms with Crippen LogP contribution in [0.5, 0.6) is 0 Å². The van der Waals surface area contributed by atoms with Gasteiger partial charge in [0.2, 0.25) is 0 Å². The van der Waals surface area contributed by atoms with Crippen molar-refractivity contribution in [1.82, 2.24) is 9.99 Å². The van der Waals surface area contributed by atoms with E-state index >= 15 is 0 Å². The van der Waals surface area contributed by atoms with Gasteiger partial charge in [0, 0.05) is 22.0 Å². The van der Waals surface area contributed by atoms with Crippen LogP contribution in [-0.2, 0) is 6.54 Å². The molecule has 1 unspecified atom stereocenters. The lowest BCUT2D eigenvalue weighted by atomic mass is 10.1. The van der Waals surface area contributed by atoms with Crippen LogP contribution in [0.3, 0.4) is 0 Å². The normalized spacial score (nSPS) is 17.5. The number of nitrogens with one attached hydrogen (secondary N) is 1. The Morgan fingerprint density at radius 1 is 1.14 bits per heavy atom. The van der Waals surface area contributed by atoms with Crippen LogP contribution in [0.15, 0.2) is 59.2 Å². The van der Waals surface area contributed by atoms with Crippen molar-refractivity contribution in [3.8, 4) is 0 Å². The number of alkyl halides is 1. The molecule has 4 rings (SSSR count). The number of aromatic nitrogens is 1. The fraction of sp³-hybridized carbons (Fsp3) is 0.118. The summed E-state index contributed by atoms with van der Waals surface area (Å²) >= 11 is 7.38. The monoisotopic (exact) mass is 417 g/mol. The molecule has 0 saturated carbocycles. The quantitative estimate of drug-likeness (QED) is 0.456. The molecule has 1 N–H and O–H groups in total. The predicted octanol–water partition coefficient (Wildman–Crippen LogP) is 5.23. The molecule has 0 aliphatic carbocycles. The van der Waals surface area contributed by atoms with E-state index in [1.54, 1.807) is 0 Å². The molecule has 0 amide bonds. The van der Waals surface area contributed by atoms with Gasteiger partial charge < -0.3 is 5.43 Å². The SMILES string of the molecule is Brc1ccc2ncc3c(c2c1)C(Br)N(Cc1ccccc1)N3. The van der Waals surface area contributed by atoms with Gasteiger partial charge in [0.15, 0.2) is 0 Å². The average molecular weight is 419 g/mol. The number of halogens is 2. The first-order chi connectivity index (χ1) is 10.7. The topological polar surface area (TPSA) is 28.2 Å². The molecule has 0 saturated heterocycles. The number of hydrogen-bond donors (Lipinski definition) is 1. The van der Waals surface area contributed by atoms with Crippen molar-refractivity contribution in [2.75, 3.05) is 5.43 Å². The van der Waals surface area contributed by atoms with Gasteiger partial charge in [-0.1, -0.05) is 62.2 Å². The van der Waals surface area contributed by atoms with E-state index in [4.69, 9.17) is 0 Å². The minimum atomic E-state index is 0.113. The number of rotatable bonds is 2. The van der Waals surface area contributed by atoms with Crippen molar-refractivity contribution in [2.45, 2.75) is 11.5 Å². The fourth-order valence-electron chi connectivity index (χ4n) is 2.80. The zero-order chi connectivity index (χ0) is 15.1. The first kappa shape index (κ1) is 14.2. The molecule has 0 radical (unpaired) electrons. The Kier molecular flexibility index (Phi) is 3.64. The number of hydrazine groups is 1. The van der Waals surface area contributed by atoms with E-state index in [1.165, 1.54) is 11.1 Å². The molecule has 2 heterocycles. The Bertz CT molecular complexity index is 836. The van der Waals surface area contributed by atoms with Gasteiger partial charge >= 0.3 is 0 Å². The van der Waals surface area contributed by atoms with Gasteiger partial charge in [0.1, 0.15) is 4.95 Å². The third kappa shape index (κ3) is 2.43.